The number of phenolic OH excluding ortho intramolecular Hbond substituents is 1. The predicted octanol–water partition coefficient (Wildman–Crippen LogP) is 5.18. The number of ether oxygens (including phenoxy) is 1. The number of carbonyl (C=O) groups excluding carboxylic acids is 1. The summed E-state index contributed by atoms with van der Waals surface area (Å²) in [6.07, 6.45) is -0.762. The van der Waals surface area contributed by atoms with E-state index in [0.717, 1.165) is 0 Å². The lowest BCUT2D eigenvalue weighted by atomic mass is 10.2. The summed E-state index contributed by atoms with van der Waals surface area (Å²) in [5, 5.41) is 13.3. The summed E-state index contributed by atoms with van der Waals surface area (Å²) in [5.74, 6) is 0.176. The number of phenols is 1. The topological polar surface area (TPSA) is 58.6 Å². The van der Waals surface area contributed by atoms with Crippen molar-refractivity contribution in [2.24, 2.45) is 0 Å². The molecule has 122 valence electrons. The Balaban J connectivity index is 2.08. The standard InChI is InChI=1S/C16H14BrCl2NO3/c1-8-5-11(7-12(17)15(8)21)20-16(22)9(2)23-14-4-3-10(18)6-13(14)19/h3-7,9,21H,1-2H3,(H,20,22)/t9-/m0/s1. The van der Waals surface area contributed by atoms with E-state index in [9.17, 15) is 9.90 Å². The quantitative estimate of drug-likeness (QED) is 0.672. The first-order valence-electron chi connectivity index (χ1n) is 6.69. The molecule has 0 fully saturated rings. The van der Waals surface area contributed by atoms with Crippen molar-refractivity contribution >= 4 is 50.7 Å². The summed E-state index contributed by atoms with van der Waals surface area (Å²) in [6, 6.07) is 8.06. The number of rotatable bonds is 4. The Morgan fingerprint density at radius 3 is 2.61 bits per heavy atom. The number of benzene rings is 2. The maximum atomic E-state index is 12.2. The SMILES string of the molecule is Cc1cc(NC(=O)[C@H](C)Oc2ccc(Cl)cc2Cl)cc(Br)c1O. The molecule has 4 nitrogen and oxygen atoms in total. The van der Waals surface area contributed by atoms with Gasteiger partial charge in [-0.2, -0.15) is 0 Å². The van der Waals surface area contributed by atoms with Crippen LogP contribution in [0.3, 0.4) is 0 Å². The van der Waals surface area contributed by atoms with Crippen LogP contribution in [0.2, 0.25) is 10.0 Å². The van der Waals surface area contributed by atoms with Crippen LogP contribution in [0.4, 0.5) is 5.69 Å². The van der Waals surface area contributed by atoms with Crippen molar-refractivity contribution in [3.05, 3.63) is 50.4 Å². The third-order valence-corrected chi connectivity index (χ3v) is 4.22. The van der Waals surface area contributed by atoms with E-state index in [1.807, 2.05) is 0 Å². The maximum absolute atomic E-state index is 12.2. The molecule has 0 aliphatic carbocycles. The Morgan fingerprint density at radius 1 is 1.30 bits per heavy atom. The van der Waals surface area contributed by atoms with E-state index in [-0.39, 0.29) is 11.7 Å². The van der Waals surface area contributed by atoms with Gasteiger partial charge in [-0.25, -0.2) is 0 Å². The zero-order valence-corrected chi connectivity index (χ0v) is 15.5. The van der Waals surface area contributed by atoms with E-state index in [0.29, 0.717) is 31.5 Å². The minimum Gasteiger partial charge on any atom is -0.506 e. The van der Waals surface area contributed by atoms with E-state index in [4.69, 9.17) is 27.9 Å². The molecule has 0 unspecified atom stereocenters. The van der Waals surface area contributed by atoms with Gasteiger partial charge in [0, 0.05) is 10.7 Å². The Bertz CT molecular complexity index is 729. The minimum atomic E-state index is -0.762. The summed E-state index contributed by atoms with van der Waals surface area (Å²) in [6.45, 7) is 3.35. The highest BCUT2D eigenvalue weighted by Crippen LogP contribution is 2.31. The Hall–Kier alpha value is -1.43. The van der Waals surface area contributed by atoms with Gasteiger partial charge in [-0.3, -0.25) is 4.79 Å². The molecule has 2 rings (SSSR count). The minimum absolute atomic E-state index is 0.139. The van der Waals surface area contributed by atoms with Gasteiger partial charge in [0.15, 0.2) is 6.10 Å². The third kappa shape index (κ3) is 4.53. The predicted molar refractivity (Wildman–Crippen MR) is 95.7 cm³/mol. The average molecular weight is 419 g/mol. The van der Waals surface area contributed by atoms with Crippen LogP contribution in [-0.2, 0) is 4.79 Å². The van der Waals surface area contributed by atoms with Crippen LogP contribution in [0, 0.1) is 6.92 Å². The molecule has 1 atom stereocenters. The van der Waals surface area contributed by atoms with Crippen molar-refractivity contribution in [1.29, 1.82) is 0 Å². The first kappa shape index (κ1) is 17.9. The lowest BCUT2D eigenvalue weighted by Crippen LogP contribution is -2.30. The van der Waals surface area contributed by atoms with Gasteiger partial charge in [0.2, 0.25) is 0 Å². The summed E-state index contributed by atoms with van der Waals surface area (Å²) >= 11 is 15.1. The molecule has 0 saturated carbocycles. The van der Waals surface area contributed by atoms with Crippen LogP contribution < -0.4 is 10.1 Å². The summed E-state index contributed by atoms with van der Waals surface area (Å²) in [5.41, 5.74) is 1.19. The van der Waals surface area contributed by atoms with Gasteiger partial charge < -0.3 is 15.2 Å². The van der Waals surface area contributed by atoms with Crippen molar-refractivity contribution in [3.63, 3.8) is 0 Å². The highest BCUT2D eigenvalue weighted by Gasteiger charge is 2.17. The molecule has 0 heterocycles. The van der Waals surface area contributed by atoms with Crippen LogP contribution in [0.1, 0.15) is 12.5 Å². The fourth-order valence-corrected chi connectivity index (χ4v) is 2.88. The number of hydrogen-bond acceptors (Lipinski definition) is 3. The third-order valence-electron chi connectivity index (χ3n) is 3.09. The van der Waals surface area contributed by atoms with Crippen molar-refractivity contribution in [2.75, 3.05) is 5.32 Å². The number of nitrogens with one attached hydrogen (secondary N) is 1. The monoisotopic (exact) mass is 417 g/mol. The molecule has 23 heavy (non-hydrogen) atoms. The van der Waals surface area contributed by atoms with E-state index in [1.165, 1.54) is 0 Å². The van der Waals surface area contributed by atoms with E-state index >= 15 is 0 Å². The zero-order chi connectivity index (χ0) is 17.1. The molecular weight excluding hydrogens is 405 g/mol. The van der Waals surface area contributed by atoms with Crippen molar-refractivity contribution in [1.82, 2.24) is 0 Å². The molecule has 2 N–H and O–H groups in total. The zero-order valence-electron chi connectivity index (χ0n) is 12.4. The highest BCUT2D eigenvalue weighted by atomic mass is 79.9. The van der Waals surface area contributed by atoms with E-state index < -0.39 is 6.10 Å². The average Bonchev–Trinajstić information content (AvgIpc) is 2.47. The lowest BCUT2D eigenvalue weighted by Gasteiger charge is -2.16. The molecule has 0 saturated heterocycles. The molecule has 2 aromatic rings. The number of carbonyl (C=O) groups is 1. The molecular formula is C16H14BrCl2NO3. The first-order valence-corrected chi connectivity index (χ1v) is 8.24. The molecule has 0 spiro atoms. The Labute approximate surface area is 152 Å². The molecule has 0 aromatic heterocycles. The van der Waals surface area contributed by atoms with Crippen molar-refractivity contribution in [3.8, 4) is 11.5 Å². The van der Waals surface area contributed by atoms with Crippen LogP contribution >= 0.6 is 39.1 Å². The van der Waals surface area contributed by atoms with E-state index in [1.54, 1.807) is 44.2 Å². The largest absolute Gasteiger partial charge is 0.506 e. The van der Waals surface area contributed by atoms with E-state index in [2.05, 4.69) is 21.2 Å². The Kier molecular flexibility index (Phi) is 5.79. The fourth-order valence-electron chi connectivity index (χ4n) is 1.87. The number of aryl methyl sites for hydroxylation is 1. The number of amides is 1. The summed E-state index contributed by atoms with van der Waals surface area (Å²) in [4.78, 5) is 12.2. The van der Waals surface area contributed by atoms with Gasteiger partial charge in [0.05, 0.1) is 9.50 Å². The normalized spacial score (nSPS) is 11.9. The van der Waals surface area contributed by atoms with Gasteiger partial charge in [0.1, 0.15) is 11.5 Å². The molecule has 1 amide bonds. The molecule has 2 aromatic carbocycles. The molecule has 7 heteroatoms. The van der Waals surface area contributed by atoms with Crippen molar-refractivity contribution in [2.45, 2.75) is 20.0 Å². The number of hydrogen-bond donors (Lipinski definition) is 2. The Morgan fingerprint density at radius 2 is 2.00 bits per heavy atom. The number of anilines is 1. The van der Waals surface area contributed by atoms with Crippen LogP contribution in [0.5, 0.6) is 11.5 Å². The second kappa shape index (κ2) is 7.43. The highest BCUT2D eigenvalue weighted by molar-refractivity contribution is 9.10. The van der Waals surface area contributed by atoms with Gasteiger partial charge in [-0.1, -0.05) is 23.2 Å². The molecule has 0 aliphatic rings. The molecule has 0 bridgehead atoms. The van der Waals surface area contributed by atoms with Crippen LogP contribution in [0.15, 0.2) is 34.8 Å². The fraction of sp³-hybridized carbons (Fsp3) is 0.188. The van der Waals surface area contributed by atoms with Gasteiger partial charge in [0.25, 0.3) is 5.91 Å². The number of aromatic hydroxyl groups is 1. The lowest BCUT2D eigenvalue weighted by molar-refractivity contribution is -0.122. The molecule has 0 aliphatic heterocycles. The maximum Gasteiger partial charge on any atom is 0.265 e. The summed E-state index contributed by atoms with van der Waals surface area (Å²) in [7, 11) is 0. The van der Waals surface area contributed by atoms with Gasteiger partial charge in [-0.15, -0.1) is 0 Å². The van der Waals surface area contributed by atoms with Crippen LogP contribution in [-0.4, -0.2) is 17.1 Å². The molecule has 0 radical (unpaired) electrons. The second-order valence-electron chi connectivity index (χ2n) is 4.95. The van der Waals surface area contributed by atoms with Crippen molar-refractivity contribution < 1.29 is 14.6 Å². The number of halogens is 3. The summed E-state index contributed by atoms with van der Waals surface area (Å²) < 4.78 is 6.06. The first-order chi connectivity index (χ1) is 10.8. The second-order valence-corrected chi connectivity index (χ2v) is 6.65. The smallest absolute Gasteiger partial charge is 0.265 e. The van der Waals surface area contributed by atoms with Crippen LogP contribution in [0.25, 0.3) is 0 Å². The van der Waals surface area contributed by atoms with Gasteiger partial charge >= 0.3 is 0 Å². The van der Waals surface area contributed by atoms with Gasteiger partial charge in [-0.05, 0) is 65.7 Å².